The summed E-state index contributed by atoms with van der Waals surface area (Å²) < 4.78 is 0. The van der Waals surface area contributed by atoms with Crippen molar-refractivity contribution in [2.24, 2.45) is 11.1 Å². The Hall–Kier alpha value is -0.860. The molecule has 0 heterocycles. The van der Waals surface area contributed by atoms with Crippen LogP contribution in [0.15, 0.2) is 24.3 Å². The van der Waals surface area contributed by atoms with Crippen LogP contribution in [0.3, 0.4) is 0 Å². The summed E-state index contributed by atoms with van der Waals surface area (Å²) in [5, 5.41) is 3.73. The lowest BCUT2D eigenvalue weighted by Crippen LogP contribution is -2.39. The Morgan fingerprint density at radius 2 is 1.82 bits per heavy atom. The van der Waals surface area contributed by atoms with Gasteiger partial charge < -0.3 is 11.1 Å². The van der Waals surface area contributed by atoms with Gasteiger partial charge in [0.15, 0.2) is 0 Å². The standard InChI is InChI=1S/C15H24N2/c1-10(15(2,3)4)17-14-9-13(16)11-7-5-6-8-12(11)14/h5-8,10,13-14,17H,9,16H2,1-4H3. The van der Waals surface area contributed by atoms with Gasteiger partial charge in [0, 0.05) is 18.1 Å². The molecule has 0 amide bonds. The van der Waals surface area contributed by atoms with E-state index < -0.39 is 0 Å². The van der Waals surface area contributed by atoms with Crippen molar-refractivity contribution >= 4 is 0 Å². The number of benzene rings is 1. The lowest BCUT2D eigenvalue weighted by Gasteiger charge is -2.31. The van der Waals surface area contributed by atoms with Gasteiger partial charge in [0.05, 0.1) is 0 Å². The molecular weight excluding hydrogens is 208 g/mol. The molecule has 2 nitrogen and oxygen atoms in total. The number of hydrogen-bond acceptors (Lipinski definition) is 2. The first kappa shape index (κ1) is 12.6. The van der Waals surface area contributed by atoms with Crippen molar-refractivity contribution < 1.29 is 0 Å². The lowest BCUT2D eigenvalue weighted by atomic mass is 9.87. The Balaban J connectivity index is 2.15. The van der Waals surface area contributed by atoms with Crippen LogP contribution >= 0.6 is 0 Å². The van der Waals surface area contributed by atoms with Gasteiger partial charge >= 0.3 is 0 Å². The molecule has 2 rings (SSSR count). The fourth-order valence-electron chi connectivity index (χ4n) is 2.38. The first-order chi connectivity index (χ1) is 7.89. The monoisotopic (exact) mass is 232 g/mol. The van der Waals surface area contributed by atoms with Gasteiger partial charge in [0.1, 0.15) is 0 Å². The molecule has 0 saturated carbocycles. The summed E-state index contributed by atoms with van der Waals surface area (Å²) in [6.07, 6.45) is 1.01. The van der Waals surface area contributed by atoms with Crippen molar-refractivity contribution in [3.63, 3.8) is 0 Å². The maximum Gasteiger partial charge on any atom is 0.0344 e. The molecule has 0 radical (unpaired) electrons. The molecule has 0 saturated heterocycles. The summed E-state index contributed by atoms with van der Waals surface area (Å²) in [5.41, 5.74) is 9.16. The molecule has 1 aliphatic rings. The average Bonchev–Trinajstić information content (AvgIpc) is 2.56. The Bertz CT molecular complexity index is 392. The Kier molecular flexibility index (Phi) is 3.28. The summed E-state index contributed by atoms with van der Waals surface area (Å²) >= 11 is 0. The molecule has 1 aromatic carbocycles. The highest BCUT2D eigenvalue weighted by Crippen LogP contribution is 2.38. The highest BCUT2D eigenvalue weighted by Gasteiger charge is 2.31. The fraction of sp³-hybridized carbons (Fsp3) is 0.600. The third kappa shape index (κ3) is 2.53. The first-order valence-corrected chi connectivity index (χ1v) is 6.50. The van der Waals surface area contributed by atoms with E-state index in [9.17, 15) is 0 Å². The van der Waals surface area contributed by atoms with Gasteiger partial charge in [0.25, 0.3) is 0 Å². The second-order valence-corrected chi connectivity index (χ2v) is 6.28. The van der Waals surface area contributed by atoms with Gasteiger partial charge in [0.2, 0.25) is 0 Å². The number of rotatable bonds is 2. The molecule has 0 aliphatic heterocycles. The van der Waals surface area contributed by atoms with Crippen LogP contribution in [0.4, 0.5) is 0 Å². The molecule has 1 aromatic rings. The van der Waals surface area contributed by atoms with Gasteiger partial charge in [-0.2, -0.15) is 0 Å². The van der Waals surface area contributed by atoms with E-state index >= 15 is 0 Å². The molecule has 1 aliphatic carbocycles. The van der Waals surface area contributed by atoms with Gasteiger partial charge in [-0.1, -0.05) is 45.0 Å². The molecule has 3 unspecified atom stereocenters. The normalized spacial score (nSPS) is 25.7. The molecule has 0 aromatic heterocycles. The quantitative estimate of drug-likeness (QED) is 0.822. The van der Waals surface area contributed by atoms with Gasteiger partial charge in [-0.25, -0.2) is 0 Å². The third-order valence-corrected chi connectivity index (χ3v) is 4.01. The predicted molar refractivity (Wildman–Crippen MR) is 72.8 cm³/mol. The highest BCUT2D eigenvalue weighted by molar-refractivity contribution is 5.37. The fourth-order valence-corrected chi connectivity index (χ4v) is 2.38. The van der Waals surface area contributed by atoms with Crippen LogP contribution in [-0.4, -0.2) is 6.04 Å². The van der Waals surface area contributed by atoms with E-state index in [1.807, 2.05) is 0 Å². The van der Waals surface area contributed by atoms with Crippen LogP contribution in [-0.2, 0) is 0 Å². The van der Waals surface area contributed by atoms with Crippen LogP contribution in [0, 0.1) is 5.41 Å². The van der Waals surface area contributed by atoms with Crippen molar-refractivity contribution in [1.82, 2.24) is 5.32 Å². The third-order valence-electron chi connectivity index (χ3n) is 4.01. The van der Waals surface area contributed by atoms with E-state index in [0.717, 1.165) is 6.42 Å². The number of fused-ring (bicyclic) bond motifs is 1. The lowest BCUT2D eigenvalue weighted by molar-refractivity contribution is 0.260. The predicted octanol–water partition coefficient (Wildman–Crippen LogP) is 3.16. The summed E-state index contributed by atoms with van der Waals surface area (Å²) in [4.78, 5) is 0. The van der Waals surface area contributed by atoms with Crippen molar-refractivity contribution in [1.29, 1.82) is 0 Å². The van der Waals surface area contributed by atoms with Gasteiger partial charge in [-0.3, -0.25) is 0 Å². The van der Waals surface area contributed by atoms with Crippen LogP contribution in [0.25, 0.3) is 0 Å². The molecule has 94 valence electrons. The summed E-state index contributed by atoms with van der Waals surface area (Å²) in [6, 6.07) is 9.62. The van der Waals surface area contributed by atoms with Crippen LogP contribution in [0.5, 0.6) is 0 Å². The number of nitrogens with two attached hydrogens (primary N) is 1. The average molecular weight is 232 g/mol. The van der Waals surface area contributed by atoms with Crippen LogP contribution < -0.4 is 11.1 Å². The first-order valence-electron chi connectivity index (χ1n) is 6.50. The van der Waals surface area contributed by atoms with E-state index in [-0.39, 0.29) is 11.5 Å². The van der Waals surface area contributed by atoms with E-state index in [1.54, 1.807) is 0 Å². The Morgan fingerprint density at radius 1 is 1.24 bits per heavy atom. The topological polar surface area (TPSA) is 38.0 Å². The second-order valence-electron chi connectivity index (χ2n) is 6.28. The van der Waals surface area contributed by atoms with Crippen molar-refractivity contribution in [3.8, 4) is 0 Å². The van der Waals surface area contributed by atoms with Crippen molar-refractivity contribution in [2.45, 2.75) is 52.2 Å². The van der Waals surface area contributed by atoms with E-state index in [0.29, 0.717) is 12.1 Å². The molecule has 0 fully saturated rings. The largest absolute Gasteiger partial charge is 0.324 e. The number of hydrogen-bond donors (Lipinski definition) is 2. The van der Waals surface area contributed by atoms with Crippen molar-refractivity contribution in [3.05, 3.63) is 35.4 Å². The number of nitrogens with one attached hydrogen (secondary N) is 1. The van der Waals surface area contributed by atoms with Crippen LogP contribution in [0.2, 0.25) is 0 Å². The minimum atomic E-state index is 0.191. The van der Waals surface area contributed by atoms with Crippen molar-refractivity contribution in [2.75, 3.05) is 0 Å². The minimum absolute atomic E-state index is 0.191. The van der Waals surface area contributed by atoms with E-state index in [2.05, 4.69) is 57.3 Å². The molecule has 3 N–H and O–H groups in total. The molecule has 17 heavy (non-hydrogen) atoms. The second kappa shape index (κ2) is 4.43. The molecule has 3 atom stereocenters. The summed E-state index contributed by atoms with van der Waals surface area (Å²) in [6.45, 7) is 9.06. The maximum absolute atomic E-state index is 6.18. The van der Waals surface area contributed by atoms with E-state index in [4.69, 9.17) is 5.73 Å². The Labute approximate surface area is 105 Å². The zero-order valence-corrected chi connectivity index (χ0v) is 11.3. The maximum atomic E-state index is 6.18. The molecule has 2 heteroatoms. The summed E-state index contributed by atoms with van der Waals surface area (Å²) in [7, 11) is 0. The zero-order valence-electron chi connectivity index (χ0n) is 11.3. The summed E-state index contributed by atoms with van der Waals surface area (Å²) in [5.74, 6) is 0. The zero-order chi connectivity index (χ0) is 12.6. The minimum Gasteiger partial charge on any atom is -0.324 e. The van der Waals surface area contributed by atoms with Crippen LogP contribution in [0.1, 0.15) is 57.3 Å². The molecular formula is C15H24N2. The molecule has 0 bridgehead atoms. The van der Waals surface area contributed by atoms with Gasteiger partial charge in [-0.05, 0) is 29.9 Å². The highest BCUT2D eigenvalue weighted by atomic mass is 15.0. The smallest absolute Gasteiger partial charge is 0.0344 e. The molecule has 0 spiro atoms. The Morgan fingerprint density at radius 3 is 2.41 bits per heavy atom. The van der Waals surface area contributed by atoms with E-state index in [1.165, 1.54) is 11.1 Å². The van der Waals surface area contributed by atoms with Gasteiger partial charge in [-0.15, -0.1) is 0 Å². The SMILES string of the molecule is CC(NC1CC(N)c2ccccc21)C(C)(C)C.